The average molecular weight is 326 g/mol. The third kappa shape index (κ3) is 3.62. The lowest BCUT2D eigenvalue weighted by atomic mass is 9.76. The highest BCUT2D eigenvalue weighted by molar-refractivity contribution is 9.10. The van der Waals surface area contributed by atoms with E-state index in [4.69, 9.17) is 0 Å². The molecule has 0 spiro atoms. The lowest BCUT2D eigenvalue weighted by Gasteiger charge is -2.27. The second kappa shape index (κ2) is 6.28. The Morgan fingerprint density at radius 1 is 1.42 bits per heavy atom. The zero-order chi connectivity index (χ0) is 13.8. The largest absolute Gasteiger partial charge is 0.299 e. The van der Waals surface area contributed by atoms with Gasteiger partial charge in [-0.05, 0) is 30.5 Å². The monoisotopic (exact) mass is 325 g/mol. The first-order valence-electron chi connectivity index (χ1n) is 6.48. The maximum absolute atomic E-state index is 12.0. The number of nitro groups is 1. The van der Waals surface area contributed by atoms with Crippen LogP contribution in [0.25, 0.3) is 0 Å². The van der Waals surface area contributed by atoms with Crippen molar-refractivity contribution in [2.24, 2.45) is 5.92 Å². The van der Waals surface area contributed by atoms with E-state index in [1.807, 2.05) is 24.3 Å². The molecule has 1 aliphatic carbocycles. The van der Waals surface area contributed by atoms with E-state index in [9.17, 15) is 14.9 Å². The van der Waals surface area contributed by atoms with Gasteiger partial charge in [-0.1, -0.05) is 34.5 Å². The maximum atomic E-state index is 12.0. The molecule has 0 aliphatic heterocycles. The summed E-state index contributed by atoms with van der Waals surface area (Å²) in [4.78, 5) is 22.6. The zero-order valence-corrected chi connectivity index (χ0v) is 12.1. The van der Waals surface area contributed by atoms with Crippen LogP contribution in [0, 0.1) is 16.0 Å². The van der Waals surface area contributed by atoms with E-state index in [1.165, 1.54) is 0 Å². The van der Waals surface area contributed by atoms with E-state index >= 15 is 0 Å². The van der Waals surface area contributed by atoms with Gasteiger partial charge in [0.2, 0.25) is 6.54 Å². The molecule has 0 N–H and O–H groups in total. The molecule has 1 aliphatic rings. The number of benzene rings is 1. The molecule has 4 nitrogen and oxygen atoms in total. The molecule has 0 radical (unpaired) electrons. The van der Waals surface area contributed by atoms with E-state index < -0.39 is 0 Å². The molecule has 1 unspecified atom stereocenters. The molecule has 0 amide bonds. The molecule has 1 saturated carbocycles. The molecule has 0 heterocycles. The van der Waals surface area contributed by atoms with Crippen LogP contribution in [-0.2, 0) is 4.79 Å². The van der Waals surface area contributed by atoms with E-state index in [0.29, 0.717) is 6.42 Å². The van der Waals surface area contributed by atoms with Gasteiger partial charge in [-0.25, -0.2) is 0 Å². The van der Waals surface area contributed by atoms with Gasteiger partial charge < -0.3 is 0 Å². The van der Waals surface area contributed by atoms with Gasteiger partial charge in [0.15, 0.2) is 0 Å². The van der Waals surface area contributed by atoms with Crippen LogP contribution < -0.4 is 0 Å². The molecular formula is C14H16BrNO3. The van der Waals surface area contributed by atoms with Crippen LogP contribution in [0.1, 0.15) is 37.2 Å². The highest BCUT2D eigenvalue weighted by Crippen LogP contribution is 2.35. The summed E-state index contributed by atoms with van der Waals surface area (Å²) in [6, 6.07) is 7.51. The van der Waals surface area contributed by atoms with E-state index in [1.54, 1.807) is 0 Å². The zero-order valence-electron chi connectivity index (χ0n) is 10.5. The van der Waals surface area contributed by atoms with Crippen molar-refractivity contribution < 1.29 is 9.72 Å². The Bertz CT molecular complexity index is 489. The van der Waals surface area contributed by atoms with Crippen LogP contribution in [0.15, 0.2) is 28.7 Å². The minimum atomic E-state index is -0.312. The Hall–Kier alpha value is -1.23. The Kier molecular flexibility index (Phi) is 4.69. The molecule has 0 bridgehead atoms. The highest BCUT2D eigenvalue weighted by Gasteiger charge is 2.34. The van der Waals surface area contributed by atoms with Crippen LogP contribution in [0.5, 0.6) is 0 Å². The Labute approximate surface area is 120 Å². The van der Waals surface area contributed by atoms with Crippen molar-refractivity contribution >= 4 is 21.7 Å². The topological polar surface area (TPSA) is 60.2 Å². The van der Waals surface area contributed by atoms with Crippen molar-refractivity contribution in [3.05, 3.63) is 44.4 Å². The second-order valence-corrected chi connectivity index (χ2v) is 5.91. The second-order valence-electron chi connectivity index (χ2n) is 5.00. The summed E-state index contributed by atoms with van der Waals surface area (Å²) in [6.45, 7) is -0.174. The summed E-state index contributed by atoms with van der Waals surface area (Å²) in [7, 11) is 0. The number of hydrogen-bond acceptors (Lipinski definition) is 3. The maximum Gasteiger partial charge on any atom is 0.211 e. The average Bonchev–Trinajstić information content (AvgIpc) is 2.37. The van der Waals surface area contributed by atoms with Crippen molar-refractivity contribution in [2.75, 3.05) is 6.54 Å². The van der Waals surface area contributed by atoms with Crippen molar-refractivity contribution in [2.45, 2.75) is 31.6 Å². The SMILES string of the molecule is O=C1CCCCC1[C@@H](C[N+](=O)[O-])c1cccc(Br)c1. The lowest BCUT2D eigenvalue weighted by Crippen LogP contribution is -2.30. The van der Waals surface area contributed by atoms with Crippen LogP contribution in [0.4, 0.5) is 0 Å². The van der Waals surface area contributed by atoms with Gasteiger partial charge in [0.1, 0.15) is 5.78 Å². The normalized spacial score (nSPS) is 21.1. The van der Waals surface area contributed by atoms with Gasteiger partial charge in [-0.15, -0.1) is 0 Å². The number of halogens is 1. The molecule has 2 rings (SSSR count). The summed E-state index contributed by atoms with van der Waals surface area (Å²) in [5.74, 6) is -0.327. The summed E-state index contributed by atoms with van der Waals surface area (Å²) < 4.78 is 0.890. The van der Waals surface area contributed by atoms with Crippen LogP contribution in [-0.4, -0.2) is 17.3 Å². The van der Waals surface area contributed by atoms with Gasteiger partial charge in [-0.2, -0.15) is 0 Å². The van der Waals surface area contributed by atoms with Crippen molar-refractivity contribution in [1.82, 2.24) is 0 Å². The first-order valence-corrected chi connectivity index (χ1v) is 7.27. The minimum Gasteiger partial charge on any atom is -0.299 e. The summed E-state index contributed by atoms with van der Waals surface area (Å²) in [5, 5.41) is 10.9. The van der Waals surface area contributed by atoms with Crippen molar-refractivity contribution in [1.29, 1.82) is 0 Å². The number of Topliss-reactive ketones (excluding diaryl/α,β-unsaturated/α-hetero) is 1. The smallest absolute Gasteiger partial charge is 0.211 e. The van der Waals surface area contributed by atoms with Crippen LogP contribution in [0.2, 0.25) is 0 Å². The van der Waals surface area contributed by atoms with E-state index in [0.717, 1.165) is 29.3 Å². The molecule has 102 valence electrons. The minimum absolute atomic E-state index is 0.174. The molecule has 2 atom stereocenters. The first kappa shape index (κ1) is 14.2. The van der Waals surface area contributed by atoms with Gasteiger partial charge in [0.25, 0.3) is 0 Å². The number of nitrogens with zero attached hydrogens (tertiary/aromatic N) is 1. The number of carbonyl (C=O) groups is 1. The summed E-state index contributed by atoms with van der Waals surface area (Å²) in [5.41, 5.74) is 0.881. The number of ketones is 1. The fourth-order valence-corrected chi connectivity index (χ4v) is 3.22. The number of hydrogen-bond donors (Lipinski definition) is 0. The summed E-state index contributed by atoms with van der Waals surface area (Å²) in [6.07, 6.45) is 3.23. The van der Waals surface area contributed by atoms with E-state index in [2.05, 4.69) is 15.9 Å². The van der Waals surface area contributed by atoms with Crippen LogP contribution in [0.3, 0.4) is 0 Å². The van der Waals surface area contributed by atoms with Gasteiger partial charge in [-0.3, -0.25) is 14.9 Å². The molecule has 0 aromatic heterocycles. The lowest BCUT2D eigenvalue weighted by molar-refractivity contribution is -0.484. The first-order chi connectivity index (χ1) is 9.08. The molecule has 5 heteroatoms. The predicted octanol–water partition coefficient (Wildman–Crippen LogP) is 3.57. The van der Waals surface area contributed by atoms with Gasteiger partial charge >= 0.3 is 0 Å². The van der Waals surface area contributed by atoms with Crippen molar-refractivity contribution in [3.8, 4) is 0 Å². The third-order valence-corrected chi connectivity index (χ3v) is 4.20. The predicted molar refractivity (Wildman–Crippen MR) is 75.7 cm³/mol. The molecular weight excluding hydrogens is 310 g/mol. The fraction of sp³-hybridized carbons (Fsp3) is 0.500. The quantitative estimate of drug-likeness (QED) is 0.628. The third-order valence-electron chi connectivity index (χ3n) is 3.71. The number of rotatable bonds is 4. The standard InChI is InChI=1S/C14H16BrNO3/c15-11-5-3-4-10(8-11)13(9-16(18)19)12-6-1-2-7-14(12)17/h3-5,8,12-13H,1-2,6-7,9H2/t12?,13-/m0/s1. The van der Waals surface area contributed by atoms with Gasteiger partial charge in [0, 0.05) is 21.7 Å². The van der Waals surface area contributed by atoms with Crippen molar-refractivity contribution in [3.63, 3.8) is 0 Å². The van der Waals surface area contributed by atoms with Gasteiger partial charge in [0.05, 0.1) is 5.92 Å². The molecule has 19 heavy (non-hydrogen) atoms. The fourth-order valence-electron chi connectivity index (χ4n) is 2.80. The molecule has 1 aromatic rings. The van der Waals surface area contributed by atoms with E-state index in [-0.39, 0.29) is 29.1 Å². The summed E-state index contributed by atoms with van der Waals surface area (Å²) >= 11 is 3.38. The van der Waals surface area contributed by atoms with Crippen LogP contribution >= 0.6 is 15.9 Å². The highest BCUT2D eigenvalue weighted by atomic mass is 79.9. The molecule has 0 saturated heterocycles. The number of carbonyl (C=O) groups excluding carboxylic acids is 1. The molecule has 1 fully saturated rings. The molecule has 1 aromatic carbocycles. The Balaban J connectivity index is 2.29. The Morgan fingerprint density at radius 3 is 2.84 bits per heavy atom. The Morgan fingerprint density at radius 2 is 2.21 bits per heavy atom.